The summed E-state index contributed by atoms with van der Waals surface area (Å²) >= 11 is 0. The molecule has 6 heteroatoms. The maximum atomic E-state index is 5.26. The van der Waals surface area contributed by atoms with E-state index in [0.29, 0.717) is 0 Å². The second-order valence-corrected chi connectivity index (χ2v) is 9.16. The fourth-order valence-corrected chi connectivity index (χ4v) is 4.05. The van der Waals surface area contributed by atoms with Crippen molar-refractivity contribution in [1.29, 1.82) is 0 Å². The number of piperazine rings is 1. The third-order valence-corrected chi connectivity index (χ3v) is 5.70. The van der Waals surface area contributed by atoms with E-state index in [1.807, 2.05) is 12.1 Å². The number of aromatic nitrogens is 2. The Bertz CT molecular complexity index is 770. The second kappa shape index (κ2) is 10.3. The van der Waals surface area contributed by atoms with Crippen LogP contribution in [0.25, 0.3) is 0 Å². The molecule has 1 fully saturated rings. The van der Waals surface area contributed by atoms with Crippen molar-refractivity contribution in [2.75, 3.05) is 51.3 Å². The van der Waals surface area contributed by atoms with E-state index >= 15 is 0 Å². The highest BCUT2D eigenvalue weighted by Crippen LogP contribution is 2.21. The van der Waals surface area contributed by atoms with E-state index in [1.54, 1.807) is 7.11 Å². The smallest absolute Gasteiger partial charge is 0.119 e. The van der Waals surface area contributed by atoms with Gasteiger partial charge in [-0.25, -0.2) is 0 Å². The molecule has 0 bridgehead atoms. The maximum absolute atomic E-state index is 5.26. The largest absolute Gasteiger partial charge is 0.497 e. The summed E-state index contributed by atoms with van der Waals surface area (Å²) < 4.78 is 7.46. The molecule has 1 aliphatic rings. The maximum Gasteiger partial charge on any atom is 0.119 e. The van der Waals surface area contributed by atoms with E-state index in [2.05, 4.69) is 65.7 Å². The minimum absolute atomic E-state index is 0.0340. The molecular weight excluding hydrogens is 374 g/mol. The zero-order valence-corrected chi connectivity index (χ0v) is 19.4. The van der Waals surface area contributed by atoms with Gasteiger partial charge in [-0.1, -0.05) is 13.3 Å². The monoisotopic (exact) mass is 413 g/mol. The molecule has 3 rings (SSSR count). The van der Waals surface area contributed by atoms with Crippen LogP contribution in [0.5, 0.6) is 5.75 Å². The molecular formula is C24H39N5O. The van der Waals surface area contributed by atoms with E-state index in [9.17, 15) is 0 Å². The van der Waals surface area contributed by atoms with Crippen LogP contribution in [0.15, 0.2) is 30.3 Å². The van der Waals surface area contributed by atoms with Crippen LogP contribution < -0.4 is 15.0 Å². The first-order valence-corrected chi connectivity index (χ1v) is 11.3. The first-order valence-electron chi connectivity index (χ1n) is 11.3. The van der Waals surface area contributed by atoms with Gasteiger partial charge in [0.25, 0.3) is 0 Å². The molecule has 30 heavy (non-hydrogen) atoms. The number of aryl methyl sites for hydroxylation is 1. The van der Waals surface area contributed by atoms with Crippen LogP contribution in [0.2, 0.25) is 0 Å². The Labute approximate surface area is 182 Å². The van der Waals surface area contributed by atoms with Gasteiger partial charge >= 0.3 is 0 Å². The minimum atomic E-state index is 0.0340. The second-order valence-electron chi connectivity index (χ2n) is 9.16. The number of benzene rings is 1. The zero-order chi connectivity index (χ0) is 21.6. The first kappa shape index (κ1) is 22.6. The first-order chi connectivity index (χ1) is 14.4. The molecule has 0 aliphatic carbocycles. The van der Waals surface area contributed by atoms with Gasteiger partial charge in [0.1, 0.15) is 5.75 Å². The van der Waals surface area contributed by atoms with Gasteiger partial charge < -0.3 is 15.0 Å². The van der Waals surface area contributed by atoms with Crippen molar-refractivity contribution in [3.8, 4) is 5.75 Å². The van der Waals surface area contributed by atoms with Crippen LogP contribution in [0.4, 0.5) is 5.69 Å². The molecule has 2 aromatic rings. The van der Waals surface area contributed by atoms with Gasteiger partial charge in [0.05, 0.1) is 18.3 Å². The number of anilines is 1. The Morgan fingerprint density at radius 3 is 2.37 bits per heavy atom. The third kappa shape index (κ3) is 5.99. The summed E-state index contributed by atoms with van der Waals surface area (Å²) in [7, 11) is 1.71. The molecule has 1 N–H and O–H groups in total. The molecule has 0 spiro atoms. The van der Waals surface area contributed by atoms with Crippen LogP contribution in [0.1, 0.15) is 45.5 Å². The predicted octanol–water partition coefficient (Wildman–Crippen LogP) is 3.51. The molecule has 166 valence electrons. The Morgan fingerprint density at radius 1 is 1.07 bits per heavy atom. The number of rotatable bonds is 9. The van der Waals surface area contributed by atoms with Crippen molar-refractivity contribution in [3.05, 3.63) is 41.7 Å². The van der Waals surface area contributed by atoms with Gasteiger partial charge in [0, 0.05) is 57.2 Å². The molecule has 1 aromatic heterocycles. The normalized spacial score (nSPS) is 15.6. The number of ether oxygens (including phenoxy) is 1. The Balaban J connectivity index is 1.40. The average molecular weight is 414 g/mol. The molecule has 0 unspecified atom stereocenters. The van der Waals surface area contributed by atoms with Gasteiger partial charge in [-0.05, 0) is 57.5 Å². The lowest BCUT2D eigenvalue weighted by molar-refractivity contribution is 0.257. The van der Waals surface area contributed by atoms with Crippen LogP contribution in [0.3, 0.4) is 0 Å². The molecule has 1 aromatic carbocycles. The summed E-state index contributed by atoms with van der Waals surface area (Å²) in [6.45, 7) is 16.2. The Morgan fingerprint density at radius 2 is 1.77 bits per heavy atom. The lowest BCUT2D eigenvalue weighted by atomic mass is 10.1. The fourth-order valence-electron chi connectivity index (χ4n) is 4.05. The van der Waals surface area contributed by atoms with Crippen molar-refractivity contribution in [3.63, 3.8) is 0 Å². The molecule has 2 heterocycles. The van der Waals surface area contributed by atoms with Gasteiger partial charge in [0.15, 0.2) is 0 Å². The third-order valence-electron chi connectivity index (χ3n) is 5.70. The molecule has 1 saturated heterocycles. The summed E-state index contributed by atoms with van der Waals surface area (Å²) in [4.78, 5) is 5.00. The standard InChI is InChI=1S/C24H39N5O/c1-6-7-22-18-20(26-29(22)24(2,3)4)19-25-12-13-27-14-16-28(17-15-27)21-8-10-23(30-5)11-9-21/h8-11,18,25H,6-7,12-17,19H2,1-5H3. The molecule has 0 saturated carbocycles. The van der Waals surface area contributed by atoms with E-state index in [0.717, 1.165) is 70.1 Å². The lowest BCUT2D eigenvalue weighted by Crippen LogP contribution is -2.48. The molecule has 0 radical (unpaired) electrons. The number of nitrogens with zero attached hydrogens (tertiary/aromatic N) is 4. The summed E-state index contributed by atoms with van der Waals surface area (Å²) in [6.07, 6.45) is 2.24. The topological polar surface area (TPSA) is 45.6 Å². The van der Waals surface area contributed by atoms with Crippen molar-refractivity contribution in [2.24, 2.45) is 0 Å². The van der Waals surface area contributed by atoms with E-state index < -0.39 is 0 Å². The van der Waals surface area contributed by atoms with Gasteiger partial charge in [-0.15, -0.1) is 0 Å². The number of nitrogens with one attached hydrogen (secondary N) is 1. The number of hydrogen-bond acceptors (Lipinski definition) is 5. The van der Waals surface area contributed by atoms with E-state index in [1.165, 1.54) is 11.4 Å². The minimum Gasteiger partial charge on any atom is -0.497 e. The van der Waals surface area contributed by atoms with Gasteiger partial charge in [-0.2, -0.15) is 5.10 Å². The highest BCUT2D eigenvalue weighted by molar-refractivity contribution is 5.49. The van der Waals surface area contributed by atoms with Crippen LogP contribution >= 0.6 is 0 Å². The highest BCUT2D eigenvalue weighted by atomic mass is 16.5. The molecule has 0 atom stereocenters. The highest BCUT2D eigenvalue weighted by Gasteiger charge is 2.19. The quantitative estimate of drug-likeness (QED) is 0.638. The van der Waals surface area contributed by atoms with Gasteiger partial charge in [0.2, 0.25) is 0 Å². The lowest BCUT2D eigenvalue weighted by Gasteiger charge is -2.36. The summed E-state index contributed by atoms with van der Waals surface area (Å²) in [6, 6.07) is 10.7. The van der Waals surface area contributed by atoms with Crippen molar-refractivity contribution >= 4 is 5.69 Å². The predicted molar refractivity (Wildman–Crippen MR) is 125 cm³/mol. The van der Waals surface area contributed by atoms with E-state index in [-0.39, 0.29) is 5.54 Å². The number of methoxy groups -OCH3 is 1. The molecule has 6 nitrogen and oxygen atoms in total. The van der Waals surface area contributed by atoms with Gasteiger partial charge in [-0.3, -0.25) is 9.58 Å². The average Bonchev–Trinajstić information content (AvgIpc) is 3.15. The zero-order valence-electron chi connectivity index (χ0n) is 19.4. The van der Waals surface area contributed by atoms with E-state index in [4.69, 9.17) is 9.84 Å². The Kier molecular flexibility index (Phi) is 7.78. The van der Waals surface area contributed by atoms with Crippen molar-refractivity contribution in [1.82, 2.24) is 20.0 Å². The summed E-state index contributed by atoms with van der Waals surface area (Å²) in [5.41, 5.74) is 3.81. The van der Waals surface area contributed by atoms with Crippen LogP contribution in [0, 0.1) is 0 Å². The van der Waals surface area contributed by atoms with Crippen molar-refractivity contribution in [2.45, 2.75) is 52.6 Å². The van der Waals surface area contributed by atoms with Crippen LogP contribution in [-0.2, 0) is 18.5 Å². The van der Waals surface area contributed by atoms with Crippen LogP contribution in [-0.4, -0.2) is 61.1 Å². The number of hydrogen-bond donors (Lipinski definition) is 1. The molecule has 0 amide bonds. The molecule has 1 aliphatic heterocycles. The fraction of sp³-hybridized carbons (Fsp3) is 0.625. The Hall–Kier alpha value is -2.05. The summed E-state index contributed by atoms with van der Waals surface area (Å²) in [5, 5.41) is 8.46. The summed E-state index contributed by atoms with van der Waals surface area (Å²) in [5.74, 6) is 0.914. The van der Waals surface area contributed by atoms with Crippen molar-refractivity contribution < 1.29 is 4.74 Å². The SMILES string of the molecule is CCCc1cc(CNCCN2CCN(c3ccc(OC)cc3)CC2)nn1C(C)(C)C.